The second-order valence-electron chi connectivity index (χ2n) is 6.89. The zero-order valence-electron chi connectivity index (χ0n) is 14.3. The zero-order chi connectivity index (χ0) is 18.0. The maximum atomic E-state index is 12.3. The third-order valence-electron chi connectivity index (χ3n) is 5.12. The molecule has 8 heteroatoms. The highest BCUT2D eigenvalue weighted by Gasteiger charge is 2.47. The van der Waals surface area contributed by atoms with Gasteiger partial charge in [-0.05, 0) is 55.9 Å². The summed E-state index contributed by atoms with van der Waals surface area (Å²) in [7, 11) is 0. The van der Waals surface area contributed by atoms with Crippen molar-refractivity contribution in [1.82, 2.24) is 15.2 Å². The number of carbonyl (C=O) groups is 1. The van der Waals surface area contributed by atoms with Crippen molar-refractivity contribution in [2.75, 3.05) is 23.3 Å². The van der Waals surface area contributed by atoms with Crippen LogP contribution in [0.3, 0.4) is 0 Å². The summed E-state index contributed by atoms with van der Waals surface area (Å²) in [5, 5.41) is 11.5. The maximum Gasteiger partial charge on any atom is 0.416 e. The van der Waals surface area contributed by atoms with E-state index in [4.69, 9.17) is 16.3 Å². The molecular weight excluding hydrogens is 354 g/mol. The van der Waals surface area contributed by atoms with Crippen molar-refractivity contribution in [3.8, 4) is 0 Å². The van der Waals surface area contributed by atoms with Gasteiger partial charge in [0.05, 0.1) is 6.54 Å². The molecule has 1 saturated heterocycles. The number of amides is 1. The Morgan fingerprint density at radius 1 is 1.23 bits per heavy atom. The van der Waals surface area contributed by atoms with Crippen molar-refractivity contribution in [3.63, 3.8) is 0 Å². The Bertz CT molecular complexity index is 763. The van der Waals surface area contributed by atoms with Crippen molar-refractivity contribution in [1.29, 1.82) is 0 Å². The lowest BCUT2D eigenvalue weighted by Gasteiger charge is -2.35. The average molecular weight is 374 g/mol. The quantitative estimate of drug-likeness (QED) is 0.883. The molecule has 1 aliphatic heterocycles. The zero-order valence-corrected chi connectivity index (χ0v) is 15.0. The van der Waals surface area contributed by atoms with Crippen molar-refractivity contribution in [3.05, 3.63) is 41.7 Å². The number of anilines is 2. The predicted molar refractivity (Wildman–Crippen MR) is 98.3 cm³/mol. The number of halogens is 1. The first-order valence-corrected chi connectivity index (χ1v) is 9.16. The molecule has 1 saturated carbocycles. The van der Waals surface area contributed by atoms with Crippen LogP contribution >= 0.6 is 11.6 Å². The molecule has 2 aromatic rings. The fourth-order valence-electron chi connectivity index (χ4n) is 3.64. The van der Waals surface area contributed by atoms with Crippen LogP contribution in [0.1, 0.15) is 25.7 Å². The number of rotatable bonds is 4. The molecule has 1 N–H and O–H groups in total. The first-order chi connectivity index (χ1) is 12.6. The van der Waals surface area contributed by atoms with Crippen LogP contribution < -0.4 is 10.2 Å². The molecule has 136 valence electrons. The molecule has 2 aliphatic rings. The highest BCUT2D eigenvalue weighted by Crippen LogP contribution is 2.40. The molecule has 0 atom stereocenters. The van der Waals surface area contributed by atoms with Crippen molar-refractivity contribution < 1.29 is 9.53 Å². The second kappa shape index (κ2) is 7.07. The third kappa shape index (κ3) is 3.58. The minimum absolute atomic E-state index is 0.295. The largest absolute Gasteiger partial charge is 0.441 e. The molecule has 7 nitrogen and oxygen atoms in total. The third-order valence-corrected chi connectivity index (χ3v) is 5.32. The van der Waals surface area contributed by atoms with E-state index in [9.17, 15) is 4.79 Å². The van der Waals surface area contributed by atoms with Crippen LogP contribution in [-0.2, 0) is 4.74 Å². The molecule has 0 unspecified atom stereocenters. The molecule has 1 spiro atoms. The molecular formula is C18H20ClN5O2. The van der Waals surface area contributed by atoms with Crippen molar-refractivity contribution in [2.24, 2.45) is 5.92 Å². The van der Waals surface area contributed by atoms with Gasteiger partial charge in [0, 0.05) is 12.7 Å². The first kappa shape index (κ1) is 17.0. The molecule has 1 amide bonds. The Hall–Kier alpha value is -2.41. The maximum absolute atomic E-state index is 12.3. The molecule has 1 aliphatic carbocycles. The van der Waals surface area contributed by atoms with E-state index in [2.05, 4.69) is 20.5 Å². The Labute approximate surface area is 156 Å². The lowest BCUT2D eigenvalue weighted by Crippen LogP contribution is -2.39. The highest BCUT2D eigenvalue weighted by atomic mass is 35.5. The number of pyridine rings is 1. The number of hydrogen-bond donors (Lipinski definition) is 1. The first-order valence-electron chi connectivity index (χ1n) is 8.78. The average Bonchev–Trinajstić information content (AvgIpc) is 2.99. The SMILES string of the molecule is O=C1OC2(CCC(CNc3ccc(Cl)nn3)CC2)CN1c1ccccn1. The lowest BCUT2D eigenvalue weighted by atomic mass is 9.78. The van der Waals surface area contributed by atoms with Gasteiger partial charge in [0.15, 0.2) is 5.15 Å². The van der Waals surface area contributed by atoms with Crippen molar-refractivity contribution >= 4 is 29.3 Å². The van der Waals surface area contributed by atoms with E-state index in [-0.39, 0.29) is 11.7 Å². The lowest BCUT2D eigenvalue weighted by molar-refractivity contribution is 0.0148. The van der Waals surface area contributed by atoms with Gasteiger partial charge in [-0.3, -0.25) is 4.90 Å². The Kier molecular flexibility index (Phi) is 4.63. The van der Waals surface area contributed by atoms with Crippen molar-refractivity contribution in [2.45, 2.75) is 31.3 Å². The van der Waals surface area contributed by atoms with E-state index in [1.807, 2.05) is 24.3 Å². The van der Waals surface area contributed by atoms with E-state index in [0.29, 0.717) is 23.4 Å². The van der Waals surface area contributed by atoms with Gasteiger partial charge >= 0.3 is 6.09 Å². The standard InChI is InChI=1S/C18H20ClN5O2/c19-14-4-5-15(23-22-14)21-11-13-6-8-18(9-7-13)12-24(17(25)26-18)16-3-1-2-10-20-16/h1-5,10,13H,6-9,11-12H2,(H,21,23). The van der Waals surface area contributed by atoms with Crippen LogP contribution in [0.15, 0.2) is 36.5 Å². The van der Waals surface area contributed by atoms with Gasteiger partial charge in [0.25, 0.3) is 0 Å². The molecule has 0 aromatic carbocycles. The van der Waals surface area contributed by atoms with E-state index >= 15 is 0 Å². The topological polar surface area (TPSA) is 80.2 Å². The van der Waals surface area contributed by atoms with Gasteiger partial charge in [-0.2, -0.15) is 0 Å². The van der Waals surface area contributed by atoms with E-state index in [1.165, 1.54) is 0 Å². The van der Waals surface area contributed by atoms with Gasteiger partial charge in [0.1, 0.15) is 17.2 Å². The smallest absolute Gasteiger partial charge is 0.416 e. The molecule has 26 heavy (non-hydrogen) atoms. The monoisotopic (exact) mass is 373 g/mol. The van der Waals surface area contributed by atoms with Crippen LogP contribution in [0, 0.1) is 5.92 Å². The summed E-state index contributed by atoms with van der Waals surface area (Å²) in [5.74, 6) is 1.89. The van der Waals surface area contributed by atoms with Gasteiger partial charge in [-0.1, -0.05) is 17.7 Å². The number of aromatic nitrogens is 3. The molecule has 2 aromatic heterocycles. The van der Waals surface area contributed by atoms with Gasteiger partial charge in [-0.15, -0.1) is 10.2 Å². The number of nitrogens with zero attached hydrogens (tertiary/aromatic N) is 4. The van der Waals surface area contributed by atoms with Crippen LogP contribution in [0.4, 0.5) is 16.4 Å². The summed E-state index contributed by atoms with van der Waals surface area (Å²) in [5.41, 5.74) is -0.384. The van der Waals surface area contributed by atoms with E-state index in [1.54, 1.807) is 17.2 Å². The number of hydrogen-bond acceptors (Lipinski definition) is 6. The molecule has 0 radical (unpaired) electrons. The molecule has 4 rings (SSSR count). The molecule has 2 fully saturated rings. The van der Waals surface area contributed by atoms with E-state index < -0.39 is 0 Å². The summed E-state index contributed by atoms with van der Waals surface area (Å²) in [6.45, 7) is 1.40. The van der Waals surface area contributed by atoms with Crippen LogP contribution in [0.5, 0.6) is 0 Å². The summed E-state index contributed by atoms with van der Waals surface area (Å²) in [6, 6.07) is 9.09. The molecule has 3 heterocycles. The van der Waals surface area contributed by atoms with Crippen LogP contribution in [-0.4, -0.2) is 40.0 Å². The second-order valence-corrected chi connectivity index (χ2v) is 7.28. The minimum atomic E-state index is -0.384. The summed E-state index contributed by atoms with van der Waals surface area (Å²) in [6.07, 6.45) is 5.11. The summed E-state index contributed by atoms with van der Waals surface area (Å²) in [4.78, 5) is 18.2. The summed E-state index contributed by atoms with van der Waals surface area (Å²) < 4.78 is 5.77. The van der Waals surface area contributed by atoms with Gasteiger partial charge in [-0.25, -0.2) is 9.78 Å². The normalized spacial score (nSPS) is 25.3. The fraction of sp³-hybridized carbons (Fsp3) is 0.444. The van der Waals surface area contributed by atoms with Gasteiger partial charge in [0.2, 0.25) is 0 Å². The fourth-order valence-corrected chi connectivity index (χ4v) is 3.74. The molecule has 0 bridgehead atoms. The Balaban J connectivity index is 1.32. The van der Waals surface area contributed by atoms with E-state index in [0.717, 1.165) is 38.0 Å². The number of nitrogens with one attached hydrogen (secondary N) is 1. The predicted octanol–water partition coefficient (Wildman–Crippen LogP) is 3.52. The number of ether oxygens (including phenoxy) is 1. The summed E-state index contributed by atoms with van der Waals surface area (Å²) >= 11 is 5.75. The van der Waals surface area contributed by atoms with Crippen LogP contribution in [0.25, 0.3) is 0 Å². The Morgan fingerprint density at radius 2 is 2.08 bits per heavy atom. The highest BCUT2D eigenvalue weighted by molar-refractivity contribution is 6.29. The number of carbonyl (C=O) groups excluding carboxylic acids is 1. The minimum Gasteiger partial charge on any atom is -0.441 e. The van der Waals surface area contributed by atoms with Gasteiger partial charge < -0.3 is 10.1 Å². The Morgan fingerprint density at radius 3 is 2.77 bits per heavy atom. The van der Waals surface area contributed by atoms with Crippen LogP contribution in [0.2, 0.25) is 5.15 Å².